The van der Waals surface area contributed by atoms with Crippen molar-refractivity contribution in [3.8, 4) is 0 Å². The van der Waals surface area contributed by atoms with Crippen molar-refractivity contribution >= 4 is 28.6 Å². The molecule has 1 aromatic carbocycles. The molecular formula is C13H11ClF3NS. The third kappa shape index (κ3) is 3.42. The van der Waals surface area contributed by atoms with Gasteiger partial charge < -0.3 is 5.32 Å². The second-order valence-electron chi connectivity index (χ2n) is 4.12. The summed E-state index contributed by atoms with van der Waals surface area (Å²) < 4.78 is 38.2. The molecule has 0 fully saturated rings. The summed E-state index contributed by atoms with van der Waals surface area (Å²) in [6.45, 7) is 1.89. The largest absolute Gasteiger partial charge is 0.417 e. The monoisotopic (exact) mass is 305 g/mol. The highest BCUT2D eigenvalue weighted by molar-refractivity contribution is 7.07. The maximum Gasteiger partial charge on any atom is 0.417 e. The maximum atomic E-state index is 12.7. The standard InChI is InChI=1S/C13H11ClF3NS/c1-8(9-4-5-19-7-9)18-10-2-3-12(14)11(6-10)13(15,16)17/h2-8,18H,1H3. The molecule has 0 aliphatic carbocycles. The summed E-state index contributed by atoms with van der Waals surface area (Å²) in [5, 5.41) is 6.63. The number of anilines is 1. The molecule has 1 atom stereocenters. The predicted molar refractivity (Wildman–Crippen MR) is 72.8 cm³/mol. The normalized spacial score (nSPS) is 13.3. The van der Waals surface area contributed by atoms with Crippen LogP contribution in [0.2, 0.25) is 5.02 Å². The minimum absolute atomic E-state index is 0.0616. The fraction of sp³-hybridized carbons (Fsp3) is 0.231. The quantitative estimate of drug-likeness (QED) is 0.779. The van der Waals surface area contributed by atoms with Crippen molar-refractivity contribution in [2.45, 2.75) is 19.1 Å². The smallest absolute Gasteiger partial charge is 0.378 e. The van der Waals surface area contributed by atoms with E-state index in [1.807, 2.05) is 23.8 Å². The van der Waals surface area contributed by atoms with Crippen LogP contribution in [0.1, 0.15) is 24.1 Å². The first kappa shape index (κ1) is 14.2. The molecule has 1 N–H and O–H groups in total. The van der Waals surface area contributed by atoms with Crippen LogP contribution in [0.5, 0.6) is 0 Å². The lowest BCUT2D eigenvalue weighted by Gasteiger charge is -2.16. The van der Waals surface area contributed by atoms with E-state index in [0.29, 0.717) is 5.69 Å². The van der Waals surface area contributed by atoms with Crippen molar-refractivity contribution in [1.82, 2.24) is 0 Å². The van der Waals surface area contributed by atoms with Crippen molar-refractivity contribution in [2.75, 3.05) is 5.32 Å². The molecule has 0 aliphatic heterocycles. The highest BCUT2D eigenvalue weighted by Gasteiger charge is 2.33. The molecule has 1 aromatic heterocycles. The number of nitrogens with one attached hydrogen (secondary N) is 1. The van der Waals surface area contributed by atoms with Gasteiger partial charge in [0.15, 0.2) is 0 Å². The fourth-order valence-electron chi connectivity index (χ4n) is 1.69. The van der Waals surface area contributed by atoms with Gasteiger partial charge in [0.05, 0.1) is 10.6 Å². The van der Waals surface area contributed by atoms with E-state index in [-0.39, 0.29) is 11.1 Å². The molecule has 102 valence electrons. The molecule has 2 aromatic rings. The van der Waals surface area contributed by atoms with Crippen LogP contribution in [-0.4, -0.2) is 0 Å². The van der Waals surface area contributed by atoms with E-state index in [9.17, 15) is 13.2 Å². The van der Waals surface area contributed by atoms with E-state index in [1.54, 1.807) is 17.4 Å². The number of rotatable bonds is 3. The molecule has 0 radical (unpaired) electrons. The average Bonchev–Trinajstić information content (AvgIpc) is 2.83. The molecule has 1 heterocycles. The third-order valence-electron chi connectivity index (χ3n) is 2.70. The number of halogens is 4. The van der Waals surface area contributed by atoms with Crippen molar-refractivity contribution in [3.63, 3.8) is 0 Å². The van der Waals surface area contributed by atoms with Gasteiger partial charge in [-0.3, -0.25) is 0 Å². The van der Waals surface area contributed by atoms with Gasteiger partial charge in [-0.15, -0.1) is 0 Å². The van der Waals surface area contributed by atoms with E-state index in [1.165, 1.54) is 6.07 Å². The van der Waals surface area contributed by atoms with Gasteiger partial charge in [0.2, 0.25) is 0 Å². The molecule has 1 unspecified atom stereocenters. The first-order valence-corrected chi connectivity index (χ1v) is 6.85. The van der Waals surface area contributed by atoms with Crippen LogP contribution in [-0.2, 0) is 6.18 Å². The molecule has 0 amide bonds. The highest BCUT2D eigenvalue weighted by atomic mass is 35.5. The predicted octanol–water partition coefficient (Wildman–Crippen LogP) is 5.59. The summed E-state index contributed by atoms with van der Waals surface area (Å²) in [5.74, 6) is 0. The Morgan fingerprint density at radius 1 is 1.26 bits per heavy atom. The van der Waals surface area contributed by atoms with Gasteiger partial charge in [-0.2, -0.15) is 24.5 Å². The van der Waals surface area contributed by atoms with Gasteiger partial charge in [-0.05, 0) is 47.5 Å². The SMILES string of the molecule is CC(Nc1ccc(Cl)c(C(F)(F)F)c1)c1ccsc1. The van der Waals surface area contributed by atoms with Crippen LogP contribution >= 0.6 is 22.9 Å². The summed E-state index contributed by atoms with van der Waals surface area (Å²) in [4.78, 5) is 0. The maximum absolute atomic E-state index is 12.7. The number of hydrogen-bond donors (Lipinski definition) is 1. The minimum Gasteiger partial charge on any atom is -0.378 e. The van der Waals surface area contributed by atoms with E-state index in [4.69, 9.17) is 11.6 Å². The number of alkyl halides is 3. The Balaban J connectivity index is 2.22. The Labute approximate surface area is 118 Å². The molecular weight excluding hydrogens is 295 g/mol. The number of thiophene rings is 1. The number of benzene rings is 1. The van der Waals surface area contributed by atoms with Crippen molar-refractivity contribution in [2.24, 2.45) is 0 Å². The van der Waals surface area contributed by atoms with Crippen LogP contribution < -0.4 is 5.32 Å². The topological polar surface area (TPSA) is 12.0 Å². The van der Waals surface area contributed by atoms with Gasteiger partial charge >= 0.3 is 6.18 Å². The van der Waals surface area contributed by atoms with Crippen molar-refractivity contribution < 1.29 is 13.2 Å². The highest BCUT2D eigenvalue weighted by Crippen LogP contribution is 2.36. The zero-order valence-corrected chi connectivity index (χ0v) is 11.5. The molecule has 1 nitrogen and oxygen atoms in total. The average molecular weight is 306 g/mol. The molecule has 0 spiro atoms. The summed E-state index contributed by atoms with van der Waals surface area (Å²) in [6.07, 6.45) is -4.44. The third-order valence-corrected chi connectivity index (χ3v) is 3.73. The minimum atomic E-state index is -4.44. The Kier molecular flexibility index (Phi) is 4.06. The van der Waals surface area contributed by atoms with Crippen molar-refractivity contribution in [3.05, 3.63) is 51.2 Å². The summed E-state index contributed by atoms with van der Waals surface area (Å²) in [5.41, 5.74) is 0.612. The molecule has 2 rings (SSSR count). The Bertz CT molecular complexity index is 552. The number of hydrogen-bond acceptors (Lipinski definition) is 2. The lowest BCUT2D eigenvalue weighted by molar-refractivity contribution is -0.137. The molecule has 19 heavy (non-hydrogen) atoms. The molecule has 0 aliphatic rings. The lowest BCUT2D eigenvalue weighted by atomic mass is 10.1. The summed E-state index contributed by atoms with van der Waals surface area (Å²) in [7, 11) is 0. The van der Waals surface area contributed by atoms with E-state index in [0.717, 1.165) is 11.6 Å². The van der Waals surface area contributed by atoms with Gasteiger partial charge in [0.25, 0.3) is 0 Å². The molecule has 0 saturated heterocycles. The van der Waals surface area contributed by atoms with Crippen molar-refractivity contribution in [1.29, 1.82) is 0 Å². The van der Waals surface area contributed by atoms with Crippen LogP contribution in [0.25, 0.3) is 0 Å². The lowest BCUT2D eigenvalue weighted by Crippen LogP contribution is -2.09. The fourth-order valence-corrected chi connectivity index (χ4v) is 2.67. The first-order valence-electron chi connectivity index (χ1n) is 5.53. The van der Waals surface area contributed by atoms with E-state index >= 15 is 0 Å². The Morgan fingerprint density at radius 3 is 2.58 bits per heavy atom. The van der Waals surface area contributed by atoms with Gasteiger partial charge in [-0.1, -0.05) is 11.6 Å². The van der Waals surface area contributed by atoms with Gasteiger partial charge in [-0.25, -0.2) is 0 Å². The van der Waals surface area contributed by atoms with E-state index in [2.05, 4.69) is 5.32 Å². The second kappa shape index (κ2) is 5.43. The Hall–Kier alpha value is -1.20. The first-order chi connectivity index (χ1) is 8.88. The second-order valence-corrected chi connectivity index (χ2v) is 5.30. The van der Waals surface area contributed by atoms with Crippen LogP contribution in [0.15, 0.2) is 35.0 Å². The zero-order chi connectivity index (χ0) is 14.0. The molecule has 0 bridgehead atoms. The molecule has 6 heteroatoms. The van der Waals surface area contributed by atoms with Gasteiger partial charge in [0, 0.05) is 11.7 Å². The summed E-state index contributed by atoms with van der Waals surface area (Å²) in [6, 6.07) is 5.70. The zero-order valence-electron chi connectivity index (χ0n) is 9.96. The van der Waals surface area contributed by atoms with Crippen LogP contribution in [0.4, 0.5) is 18.9 Å². The van der Waals surface area contributed by atoms with Crippen LogP contribution in [0, 0.1) is 0 Å². The Morgan fingerprint density at radius 2 is 2.00 bits per heavy atom. The molecule has 0 saturated carbocycles. The summed E-state index contributed by atoms with van der Waals surface area (Å²) >= 11 is 7.12. The van der Waals surface area contributed by atoms with Gasteiger partial charge in [0.1, 0.15) is 0 Å². The van der Waals surface area contributed by atoms with E-state index < -0.39 is 11.7 Å². The van der Waals surface area contributed by atoms with Crippen LogP contribution in [0.3, 0.4) is 0 Å².